The Labute approximate surface area is 105 Å². The smallest absolute Gasteiger partial charge is 0.305 e. The van der Waals surface area contributed by atoms with Gasteiger partial charge in [0.05, 0.1) is 6.10 Å². The molecule has 17 heavy (non-hydrogen) atoms. The number of hydrogen-bond donors (Lipinski definition) is 0. The number of rotatable bonds is 8. The molecule has 3 nitrogen and oxygen atoms in total. The molecule has 1 saturated heterocycles. The van der Waals surface area contributed by atoms with Crippen LogP contribution in [0.4, 0.5) is 0 Å². The Bertz CT molecular complexity index is 198. The van der Waals surface area contributed by atoms with E-state index in [4.69, 9.17) is 9.47 Å². The lowest BCUT2D eigenvalue weighted by molar-refractivity contribution is -0.149. The molecule has 0 amide bonds. The lowest BCUT2D eigenvalue weighted by Gasteiger charge is -2.22. The Balaban J connectivity index is 1.93. The highest BCUT2D eigenvalue weighted by Crippen LogP contribution is 2.13. The first-order valence-corrected chi connectivity index (χ1v) is 7.10. The molecule has 0 saturated carbocycles. The molecule has 0 aliphatic carbocycles. The Morgan fingerprint density at radius 1 is 1.24 bits per heavy atom. The minimum Gasteiger partial charge on any atom is -0.463 e. The molecule has 1 unspecified atom stereocenters. The highest BCUT2D eigenvalue weighted by Gasteiger charge is 2.15. The van der Waals surface area contributed by atoms with Crippen molar-refractivity contribution in [1.29, 1.82) is 0 Å². The summed E-state index contributed by atoms with van der Waals surface area (Å²) in [6, 6.07) is 0. The third-order valence-electron chi connectivity index (χ3n) is 3.19. The first-order chi connectivity index (χ1) is 8.33. The molecule has 0 N–H and O–H groups in total. The van der Waals surface area contributed by atoms with Crippen molar-refractivity contribution in [3.8, 4) is 0 Å². The van der Waals surface area contributed by atoms with Crippen molar-refractivity contribution in [1.82, 2.24) is 0 Å². The molecular formula is C14H26O3. The van der Waals surface area contributed by atoms with E-state index in [2.05, 4.69) is 6.92 Å². The molecule has 1 rings (SSSR count). The van der Waals surface area contributed by atoms with Gasteiger partial charge in [-0.25, -0.2) is 0 Å². The summed E-state index contributed by atoms with van der Waals surface area (Å²) in [5, 5.41) is 0. The molecule has 1 atom stereocenters. The number of carbonyl (C=O) groups excluding carboxylic acids is 1. The second kappa shape index (κ2) is 9.46. The Morgan fingerprint density at radius 3 is 2.76 bits per heavy atom. The van der Waals surface area contributed by atoms with Crippen LogP contribution < -0.4 is 0 Å². The fourth-order valence-corrected chi connectivity index (χ4v) is 2.07. The topological polar surface area (TPSA) is 35.5 Å². The molecule has 0 aromatic rings. The van der Waals surface area contributed by atoms with Gasteiger partial charge in [0.15, 0.2) is 0 Å². The summed E-state index contributed by atoms with van der Waals surface area (Å²) in [6.45, 7) is 3.46. The van der Waals surface area contributed by atoms with Gasteiger partial charge < -0.3 is 9.47 Å². The second-order valence-electron chi connectivity index (χ2n) is 4.84. The van der Waals surface area contributed by atoms with Gasteiger partial charge in [-0.05, 0) is 25.7 Å². The molecule has 0 aromatic heterocycles. The van der Waals surface area contributed by atoms with Gasteiger partial charge in [0, 0.05) is 13.0 Å². The zero-order chi connectivity index (χ0) is 12.3. The Kier molecular flexibility index (Phi) is 8.06. The maximum atomic E-state index is 11.4. The maximum absolute atomic E-state index is 11.4. The van der Waals surface area contributed by atoms with Gasteiger partial charge in [-0.15, -0.1) is 0 Å². The molecular weight excluding hydrogens is 216 g/mol. The van der Waals surface area contributed by atoms with Crippen LogP contribution in [0.5, 0.6) is 0 Å². The van der Waals surface area contributed by atoms with Gasteiger partial charge in [-0.1, -0.05) is 32.6 Å². The zero-order valence-corrected chi connectivity index (χ0v) is 11.1. The SMILES string of the molecule is CCCCCCCC(=O)OCC1CCCCO1. The van der Waals surface area contributed by atoms with Crippen LogP contribution >= 0.6 is 0 Å². The van der Waals surface area contributed by atoms with E-state index >= 15 is 0 Å². The van der Waals surface area contributed by atoms with Gasteiger partial charge in [-0.3, -0.25) is 4.79 Å². The summed E-state index contributed by atoms with van der Waals surface area (Å²) in [6.07, 6.45) is 9.92. The summed E-state index contributed by atoms with van der Waals surface area (Å²) >= 11 is 0. The van der Waals surface area contributed by atoms with Crippen molar-refractivity contribution < 1.29 is 14.3 Å². The van der Waals surface area contributed by atoms with Gasteiger partial charge in [0.1, 0.15) is 6.61 Å². The van der Waals surface area contributed by atoms with Crippen LogP contribution in [0.2, 0.25) is 0 Å². The van der Waals surface area contributed by atoms with Crippen LogP contribution in [-0.4, -0.2) is 25.3 Å². The van der Waals surface area contributed by atoms with E-state index in [1.54, 1.807) is 0 Å². The van der Waals surface area contributed by atoms with E-state index in [0.717, 1.165) is 32.3 Å². The summed E-state index contributed by atoms with van der Waals surface area (Å²) in [5.74, 6) is -0.0596. The molecule has 1 aliphatic rings. The first kappa shape index (κ1) is 14.5. The molecule has 1 heterocycles. The molecule has 0 radical (unpaired) electrons. The standard InChI is InChI=1S/C14H26O3/c1-2-3-4-5-6-10-14(15)17-12-13-9-7-8-11-16-13/h13H,2-12H2,1H3. The monoisotopic (exact) mass is 242 g/mol. The molecule has 3 heteroatoms. The van der Waals surface area contributed by atoms with Crippen molar-refractivity contribution in [2.45, 2.75) is 70.8 Å². The molecule has 0 bridgehead atoms. The third-order valence-corrected chi connectivity index (χ3v) is 3.19. The summed E-state index contributed by atoms with van der Waals surface area (Å²) in [4.78, 5) is 11.4. The van der Waals surface area contributed by atoms with Crippen LogP contribution in [0, 0.1) is 0 Å². The highest BCUT2D eigenvalue weighted by atomic mass is 16.6. The van der Waals surface area contributed by atoms with E-state index in [0.29, 0.717) is 13.0 Å². The highest BCUT2D eigenvalue weighted by molar-refractivity contribution is 5.69. The van der Waals surface area contributed by atoms with Gasteiger partial charge in [0.2, 0.25) is 0 Å². The maximum Gasteiger partial charge on any atom is 0.305 e. The lowest BCUT2D eigenvalue weighted by Crippen LogP contribution is -2.25. The van der Waals surface area contributed by atoms with Gasteiger partial charge in [-0.2, -0.15) is 0 Å². The number of ether oxygens (including phenoxy) is 2. The minimum absolute atomic E-state index is 0.0596. The molecule has 0 spiro atoms. The molecule has 1 aliphatic heterocycles. The number of carbonyl (C=O) groups is 1. The van der Waals surface area contributed by atoms with Crippen LogP contribution in [0.1, 0.15) is 64.7 Å². The minimum atomic E-state index is -0.0596. The summed E-state index contributed by atoms with van der Waals surface area (Å²) in [5.41, 5.74) is 0. The fourth-order valence-electron chi connectivity index (χ4n) is 2.07. The van der Waals surface area contributed by atoms with Crippen LogP contribution in [0.3, 0.4) is 0 Å². The summed E-state index contributed by atoms with van der Waals surface area (Å²) < 4.78 is 10.7. The van der Waals surface area contributed by atoms with Gasteiger partial charge in [0.25, 0.3) is 0 Å². The van der Waals surface area contributed by atoms with E-state index in [9.17, 15) is 4.79 Å². The largest absolute Gasteiger partial charge is 0.463 e. The van der Waals surface area contributed by atoms with E-state index in [1.165, 1.54) is 25.7 Å². The third kappa shape index (κ3) is 7.37. The average Bonchev–Trinajstić information content (AvgIpc) is 2.37. The zero-order valence-electron chi connectivity index (χ0n) is 11.1. The predicted octanol–water partition coefficient (Wildman–Crippen LogP) is 3.46. The lowest BCUT2D eigenvalue weighted by atomic mass is 10.1. The van der Waals surface area contributed by atoms with Crippen molar-refractivity contribution in [2.24, 2.45) is 0 Å². The van der Waals surface area contributed by atoms with Crippen LogP contribution in [-0.2, 0) is 14.3 Å². The van der Waals surface area contributed by atoms with Crippen LogP contribution in [0.25, 0.3) is 0 Å². The Morgan fingerprint density at radius 2 is 2.06 bits per heavy atom. The fraction of sp³-hybridized carbons (Fsp3) is 0.929. The number of unbranched alkanes of at least 4 members (excludes halogenated alkanes) is 4. The van der Waals surface area contributed by atoms with Crippen LogP contribution in [0.15, 0.2) is 0 Å². The van der Waals surface area contributed by atoms with Crippen molar-refractivity contribution >= 4 is 5.97 Å². The quantitative estimate of drug-likeness (QED) is 0.483. The van der Waals surface area contributed by atoms with Gasteiger partial charge >= 0.3 is 5.97 Å². The molecule has 1 fully saturated rings. The first-order valence-electron chi connectivity index (χ1n) is 7.10. The van der Waals surface area contributed by atoms with Crippen molar-refractivity contribution in [3.05, 3.63) is 0 Å². The predicted molar refractivity (Wildman–Crippen MR) is 67.9 cm³/mol. The van der Waals surface area contributed by atoms with Crippen molar-refractivity contribution in [3.63, 3.8) is 0 Å². The number of esters is 1. The van der Waals surface area contributed by atoms with Crippen molar-refractivity contribution in [2.75, 3.05) is 13.2 Å². The van der Waals surface area contributed by atoms with E-state index in [1.807, 2.05) is 0 Å². The molecule has 100 valence electrons. The molecule has 0 aromatic carbocycles. The Hall–Kier alpha value is -0.570. The normalized spacial score (nSPS) is 20.2. The van der Waals surface area contributed by atoms with E-state index < -0.39 is 0 Å². The second-order valence-corrected chi connectivity index (χ2v) is 4.84. The average molecular weight is 242 g/mol. The summed E-state index contributed by atoms with van der Waals surface area (Å²) in [7, 11) is 0. The number of hydrogen-bond acceptors (Lipinski definition) is 3. The van der Waals surface area contributed by atoms with E-state index in [-0.39, 0.29) is 12.1 Å².